The Morgan fingerprint density at radius 3 is 2.68 bits per heavy atom. The minimum atomic E-state index is 0.547. The molecule has 1 unspecified atom stereocenters. The molecule has 0 saturated heterocycles. The van der Waals surface area contributed by atoms with Gasteiger partial charge in [0.25, 0.3) is 0 Å². The van der Waals surface area contributed by atoms with Crippen LogP contribution in [0.25, 0.3) is 0 Å². The average Bonchev–Trinajstić information content (AvgIpc) is 2.46. The summed E-state index contributed by atoms with van der Waals surface area (Å²) in [6.45, 7) is 7.82. The highest BCUT2D eigenvalue weighted by Gasteiger charge is 2.08. The molecular weight excluding hydrogens is 238 g/mol. The molecule has 0 aliphatic rings. The van der Waals surface area contributed by atoms with Gasteiger partial charge in [-0.1, -0.05) is 32.0 Å². The van der Waals surface area contributed by atoms with Gasteiger partial charge in [0.05, 0.1) is 0 Å². The van der Waals surface area contributed by atoms with Gasteiger partial charge in [0.2, 0.25) is 0 Å². The van der Waals surface area contributed by atoms with Crippen molar-refractivity contribution >= 4 is 0 Å². The highest BCUT2D eigenvalue weighted by Crippen LogP contribution is 2.28. The Bertz CT molecular complexity index is 341. The number of nitrogens with one attached hydrogen (secondary N) is 1. The van der Waals surface area contributed by atoms with Crippen LogP contribution in [0, 0.1) is 0 Å². The maximum Gasteiger partial charge on any atom is 0.122 e. The molecule has 1 N–H and O–H groups in total. The minimum absolute atomic E-state index is 0.547. The molecule has 1 aromatic carbocycles. The van der Waals surface area contributed by atoms with E-state index in [1.807, 2.05) is 6.07 Å². The van der Waals surface area contributed by atoms with Crippen molar-refractivity contribution in [2.45, 2.75) is 32.6 Å². The van der Waals surface area contributed by atoms with E-state index in [1.165, 1.54) is 5.56 Å². The van der Waals surface area contributed by atoms with Crippen LogP contribution in [-0.4, -0.2) is 33.4 Å². The lowest BCUT2D eigenvalue weighted by Crippen LogP contribution is -2.23. The highest BCUT2D eigenvalue weighted by molar-refractivity contribution is 5.35. The average molecular weight is 265 g/mol. The predicted molar refractivity (Wildman–Crippen MR) is 80.0 cm³/mol. The molecule has 0 bridgehead atoms. The molecule has 0 fully saturated rings. The summed E-state index contributed by atoms with van der Waals surface area (Å²) in [4.78, 5) is 0. The molecule has 108 valence electrons. The Balaban J connectivity index is 2.29. The maximum atomic E-state index is 5.87. The van der Waals surface area contributed by atoms with Crippen LogP contribution in [0.4, 0.5) is 0 Å². The zero-order chi connectivity index (χ0) is 13.9. The topological polar surface area (TPSA) is 30.5 Å². The summed E-state index contributed by atoms with van der Waals surface area (Å²) in [5.74, 6) is 1.57. The number of para-hydroxylation sites is 1. The van der Waals surface area contributed by atoms with Crippen molar-refractivity contribution in [2.75, 3.05) is 33.4 Å². The molecule has 0 saturated carbocycles. The van der Waals surface area contributed by atoms with Gasteiger partial charge in [0, 0.05) is 20.3 Å². The first-order chi connectivity index (χ1) is 9.29. The van der Waals surface area contributed by atoms with Crippen LogP contribution in [-0.2, 0) is 4.74 Å². The number of hydrogen-bond acceptors (Lipinski definition) is 3. The summed E-state index contributed by atoms with van der Waals surface area (Å²) < 4.78 is 10.9. The third-order valence-corrected chi connectivity index (χ3v) is 3.30. The van der Waals surface area contributed by atoms with E-state index in [-0.39, 0.29) is 0 Å². The van der Waals surface area contributed by atoms with Crippen LogP contribution >= 0.6 is 0 Å². The molecule has 0 amide bonds. The van der Waals surface area contributed by atoms with Crippen LogP contribution in [0.2, 0.25) is 0 Å². The van der Waals surface area contributed by atoms with Gasteiger partial charge in [0.1, 0.15) is 12.4 Å². The number of ether oxygens (including phenoxy) is 2. The van der Waals surface area contributed by atoms with Gasteiger partial charge in [-0.3, -0.25) is 0 Å². The monoisotopic (exact) mass is 265 g/mol. The molecule has 1 aromatic rings. The van der Waals surface area contributed by atoms with E-state index in [2.05, 4.69) is 37.4 Å². The zero-order valence-electron chi connectivity index (χ0n) is 12.4. The number of rotatable bonds is 10. The van der Waals surface area contributed by atoms with E-state index in [0.29, 0.717) is 12.5 Å². The normalized spacial score (nSPS) is 12.4. The van der Waals surface area contributed by atoms with Gasteiger partial charge >= 0.3 is 0 Å². The molecule has 0 aromatic heterocycles. The van der Waals surface area contributed by atoms with E-state index >= 15 is 0 Å². The lowest BCUT2D eigenvalue weighted by Gasteiger charge is -2.15. The van der Waals surface area contributed by atoms with E-state index in [1.54, 1.807) is 7.11 Å². The summed E-state index contributed by atoms with van der Waals surface area (Å²) in [6, 6.07) is 8.34. The lowest BCUT2D eigenvalue weighted by molar-refractivity contribution is 0.193. The molecule has 0 spiro atoms. The molecule has 3 nitrogen and oxygen atoms in total. The minimum Gasteiger partial charge on any atom is -0.492 e. The van der Waals surface area contributed by atoms with Crippen LogP contribution in [0.5, 0.6) is 5.75 Å². The van der Waals surface area contributed by atoms with Crippen molar-refractivity contribution < 1.29 is 9.47 Å². The fraction of sp³-hybridized carbons (Fsp3) is 0.625. The first-order valence-corrected chi connectivity index (χ1v) is 7.21. The van der Waals surface area contributed by atoms with Crippen LogP contribution in [0.15, 0.2) is 24.3 Å². The Labute approximate surface area is 117 Å². The first-order valence-electron chi connectivity index (χ1n) is 7.21. The van der Waals surface area contributed by atoms with Gasteiger partial charge in [-0.2, -0.15) is 0 Å². The largest absolute Gasteiger partial charge is 0.492 e. The summed E-state index contributed by atoms with van der Waals surface area (Å²) in [7, 11) is 1.73. The maximum absolute atomic E-state index is 5.87. The van der Waals surface area contributed by atoms with Gasteiger partial charge in [-0.25, -0.2) is 0 Å². The van der Waals surface area contributed by atoms with Crippen molar-refractivity contribution in [1.82, 2.24) is 5.32 Å². The summed E-state index contributed by atoms with van der Waals surface area (Å²) in [5, 5.41) is 3.35. The SMILES string of the molecule is CCC(C)c1ccccc1OCCNCCCOC. The predicted octanol–water partition coefficient (Wildman–Crippen LogP) is 3.21. The molecule has 0 heterocycles. The third kappa shape index (κ3) is 6.08. The van der Waals surface area contributed by atoms with Gasteiger partial charge in [0.15, 0.2) is 0 Å². The Morgan fingerprint density at radius 1 is 1.16 bits per heavy atom. The number of benzene rings is 1. The highest BCUT2D eigenvalue weighted by atomic mass is 16.5. The summed E-state index contributed by atoms with van der Waals surface area (Å²) in [5.41, 5.74) is 1.31. The quantitative estimate of drug-likeness (QED) is 0.659. The Kier molecular flexibility index (Phi) is 8.26. The molecule has 1 atom stereocenters. The molecule has 1 rings (SSSR count). The third-order valence-electron chi connectivity index (χ3n) is 3.30. The fourth-order valence-electron chi connectivity index (χ4n) is 1.94. The van der Waals surface area contributed by atoms with Gasteiger partial charge < -0.3 is 14.8 Å². The summed E-state index contributed by atoms with van der Waals surface area (Å²) in [6.07, 6.45) is 2.18. The first kappa shape index (κ1) is 16.0. The standard InChI is InChI=1S/C16H27NO2/c1-4-14(2)15-8-5-6-9-16(15)19-13-11-17-10-7-12-18-3/h5-6,8-9,14,17H,4,7,10-13H2,1-3H3. The van der Waals surface area contributed by atoms with Crippen molar-refractivity contribution in [3.05, 3.63) is 29.8 Å². The molecule has 3 heteroatoms. The number of hydrogen-bond donors (Lipinski definition) is 1. The second-order valence-corrected chi connectivity index (χ2v) is 4.79. The van der Waals surface area contributed by atoms with Crippen LogP contribution in [0.1, 0.15) is 38.2 Å². The second-order valence-electron chi connectivity index (χ2n) is 4.79. The Morgan fingerprint density at radius 2 is 1.95 bits per heavy atom. The number of methoxy groups -OCH3 is 1. The summed E-state index contributed by atoms with van der Waals surface area (Å²) >= 11 is 0. The molecule has 0 radical (unpaired) electrons. The van der Waals surface area contributed by atoms with Gasteiger partial charge in [-0.15, -0.1) is 0 Å². The van der Waals surface area contributed by atoms with Crippen molar-refractivity contribution in [2.24, 2.45) is 0 Å². The molecule has 0 aliphatic heterocycles. The smallest absolute Gasteiger partial charge is 0.122 e. The van der Waals surface area contributed by atoms with E-state index in [9.17, 15) is 0 Å². The van der Waals surface area contributed by atoms with E-state index < -0.39 is 0 Å². The zero-order valence-corrected chi connectivity index (χ0v) is 12.4. The Hall–Kier alpha value is -1.06. The van der Waals surface area contributed by atoms with E-state index in [4.69, 9.17) is 9.47 Å². The van der Waals surface area contributed by atoms with Crippen molar-refractivity contribution in [1.29, 1.82) is 0 Å². The fourth-order valence-corrected chi connectivity index (χ4v) is 1.94. The molecule has 0 aliphatic carbocycles. The van der Waals surface area contributed by atoms with Crippen molar-refractivity contribution in [3.8, 4) is 5.75 Å². The lowest BCUT2D eigenvalue weighted by atomic mass is 9.98. The molecular formula is C16H27NO2. The van der Waals surface area contributed by atoms with Crippen molar-refractivity contribution in [3.63, 3.8) is 0 Å². The van der Waals surface area contributed by atoms with Crippen LogP contribution in [0.3, 0.4) is 0 Å². The second kappa shape index (κ2) is 9.82. The van der Waals surface area contributed by atoms with Crippen LogP contribution < -0.4 is 10.1 Å². The molecule has 19 heavy (non-hydrogen) atoms. The van der Waals surface area contributed by atoms with E-state index in [0.717, 1.165) is 38.3 Å². The van der Waals surface area contributed by atoms with Gasteiger partial charge in [-0.05, 0) is 36.9 Å².